The number of amides is 3. The fourth-order valence-corrected chi connectivity index (χ4v) is 6.76. The van der Waals surface area contributed by atoms with Gasteiger partial charge in [-0.1, -0.05) is 23.7 Å². The lowest BCUT2D eigenvalue weighted by molar-refractivity contribution is -0.144. The number of likely N-dealkylation sites (tertiary alicyclic amines) is 2. The van der Waals surface area contributed by atoms with Gasteiger partial charge in [0.25, 0.3) is 0 Å². The van der Waals surface area contributed by atoms with E-state index in [4.69, 9.17) is 11.6 Å². The van der Waals surface area contributed by atoms with E-state index in [9.17, 15) is 22.8 Å². The molecule has 2 aliphatic rings. The van der Waals surface area contributed by atoms with Crippen LogP contribution in [0.25, 0.3) is 10.8 Å². The molecule has 0 unspecified atom stereocenters. The summed E-state index contributed by atoms with van der Waals surface area (Å²) in [6.07, 6.45) is 3.15. The molecule has 0 spiro atoms. The Kier molecular flexibility index (Phi) is 8.11. The van der Waals surface area contributed by atoms with E-state index in [1.165, 1.54) is 36.0 Å². The molecule has 0 N–H and O–H groups in total. The van der Waals surface area contributed by atoms with E-state index in [1.54, 1.807) is 36.1 Å². The number of halogens is 1. The van der Waals surface area contributed by atoms with Gasteiger partial charge in [0.05, 0.1) is 11.4 Å². The Morgan fingerprint density at radius 1 is 1.03 bits per heavy atom. The van der Waals surface area contributed by atoms with Crippen LogP contribution in [-0.2, 0) is 24.4 Å². The maximum Gasteiger partial charge on any atom is 0.245 e. The van der Waals surface area contributed by atoms with Gasteiger partial charge in [-0.25, -0.2) is 8.42 Å². The van der Waals surface area contributed by atoms with Crippen LogP contribution in [0.4, 0.5) is 0 Å². The first-order valence-electron chi connectivity index (χ1n) is 12.5. The number of benzene rings is 2. The highest BCUT2D eigenvalue weighted by Gasteiger charge is 2.45. The standard InChI is InChI=1S/C26H33ClN4O5S/c1-18(25(33)29-12-5-4-6-13-29)30-14-11-23(26(30)34)31(17-24(32)28(2)3)37(35,36)22-10-8-19-15-21(27)9-7-20(19)16-22/h7-10,15-16,18,23H,4-6,11-14,17H2,1-3H3/t18-,23-/m0/s1. The SMILES string of the molecule is C[C@@H](C(=O)N1CCCCC1)N1CC[C@H](N(CC(=O)N(C)C)S(=O)(=O)c2ccc3cc(Cl)ccc3c2)C1=O. The van der Waals surface area contributed by atoms with Gasteiger partial charge in [0.1, 0.15) is 12.1 Å². The fraction of sp³-hybridized carbons (Fsp3) is 0.500. The van der Waals surface area contributed by atoms with Crippen molar-refractivity contribution in [2.75, 3.05) is 40.3 Å². The molecule has 9 nitrogen and oxygen atoms in total. The van der Waals surface area contributed by atoms with Crippen molar-refractivity contribution in [3.63, 3.8) is 0 Å². The minimum atomic E-state index is -4.23. The molecule has 11 heteroatoms. The van der Waals surface area contributed by atoms with E-state index in [2.05, 4.69) is 0 Å². The van der Waals surface area contributed by atoms with Crippen molar-refractivity contribution in [1.29, 1.82) is 0 Å². The van der Waals surface area contributed by atoms with Gasteiger partial charge in [-0.3, -0.25) is 14.4 Å². The topological polar surface area (TPSA) is 98.3 Å². The number of piperidine rings is 1. The van der Waals surface area contributed by atoms with E-state index in [0.717, 1.165) is 29.0 Å². The molecule has 0 aromatic heterocycles. The van der Waals surface area contributed by atoms with Gasteiger partial charge in [-0.2, -0.15) is 4.31 Å². The quantitative estimate of drug-likeness (QED) is 0.529. The summed E-state index contributed by atoms with van der Waals surface area (Å²) in [5.74, 6) is -1.03. The maximum absolute atomic E-state index is 13.9. The number of hydrogen-bond acceptors (Lipinski definition) is 5. The monoisotopic (exact) mass is 548 g/mol. The fourth-order valence-electron chi connectivity index (χ4n) is 4.98. The highest BCUT2D eigenvalue weighted by atomic mass is 35.5. The highest BCUT2D eigenvalue weighted by Crippen LogP contribution is 2.29. The molecule has 2 aromatic carbocycles. The van der Waals surface area contributed by atoms with Gasteiger partial charge in [0.2, 0.25) is 27.7 Å². The van der Waals surface area contributed by atoms with Crippen molar-refractivity contribution in [3.8, 4) is 0 Å². The van der Waals surface area contributed by atoms with Crippen LogP contribution in [0.2, 0.25) is 5.02 Å². The average Bonchev–Trinajstić information content (AvgIpc) is 3.26. The number of nitrogens with zero attached hydrogens (tertiary/aromatic N) is 4. The third-order valence-corrected chi connectivity index (χ3v) is 9.31. The second kappa shape index (κ2) is 11.0. The van der Waals surface area contributed by atoms with Crippen LogP contribution >= 0.6 is 11.6 Å². The highest BCUT2D eigenvalue weighted by molar-refractivity contribution is 7.89. The molecule has 2 atom stereocenters. The van der Waals surface area contributed by atoms with E-state index in [-0.39, 0.29) is 23.8 Å². The van der Waals surface area contributed by atoms with Gasteiger partial charge >= 0.3 is 0 Å². The predicted octanol–water partition coefficient (Wildman–Crippen LogP) is 2.57. The molecule has 2 heterocycles. The first-order chi connectivity index (χ1) is 17.5. The summed E-state index contributed by atoms with van der Waals surface area (Å²) in [4.78, 5) is 43.8. The Bertz CT molecular complexity index is 1310. The first-order valence-corrected chi connectivity index (χ1v) is 14.3. The van der Waals surface area contributed by atoms with Crippen LogP contribution in [0, 0.1) is 0 Å². The maximum atomic E-state index is 13.9. The number of carbonyl (C=O) groups excluding carboxylic acids is 3. The lowest BCUT2D eigenvalue weighted by Gasteiger charge is -2.33. The van der Waals surface area contributed by atoms with Gasteiger partial charge in [0, 0.05) is 38.8 Å². The Labute approximate surface area is 223 Å². The third kappa shape index (κ3) is 5.61. The number of rotatable bonds is 7. The Morgan fingerprint density at radius 3 is 2.35 bits per heavy atom. The zero-order chi connectivity index (χ0) is 26.9. The molecule has 0 saturated carbocycles. The number of fused-ring (bicyclic) bond motifs is 1. The lowest BCUT2D eigenvalue weighted by Crippen LogP contribution is -2.53. The molecular formula is C26H33ClN4O5S. The molecule has 0 bridgehead atoms. The number of likely N-dealkylation sites (N-methyl/N-ethyl adjacent to an activating group) is 1. The zero-order valence-corrected chi connectivity index (χ0v) is 23.0. The molecule has 200 valence electrons. The zero-order valence-electron chi connectivity index (χ0n) is 21.4. The Morgan fingerprint density at radius 2 is 1.68 bits per heavy atom. The number of hydrogen-bond donors (Lipinski definition) is 0. The number of sulfonamides is 1. The van der Waals surface area contributed by atoms with E-state index < -0.39 is 40.5 Å². The summed E-state index contributed by atoms with van der Waals surface area (Å²) < 4.78 is 28.7. The first kappa shape index (κ1) is 27.3. The minimum absolute atomic E-state index is 0.0161. The van der Waals surface area contributed by atoms with Crippen molar-refractivity contribution >= 4 is 50.1 Å². The molecule has 0 radical (unpaired) electrons. The van der Waals surface area contributed by atoms with E-state index in [1.807, 2.05) is 0 Å². The Balaban J connectivity index is 1.64. The van der Waals surface area contributed by atoms with Crippen molar-refractivity contribution in [2.45, 2.75) is 49.6 Å². The molecule has 2 aliphatic heterocycles. The van der Waals surface area contributed by atoms with E-state index in [0.29, 0.717) is 23.5 Å². The van der Waals surface area contributed by atoms with Crippen LogP contribution < -0.4 is 0 Å². The van der Waals surface area contributed by atoms with E-state index >= 15 is 0 Å². The van der Waals surface area contributed by atoms with Gasteiger partial charge in [-0.05, 0) is 67.6 Å². The second-order valence-electron chi connectivity index (χ2n) is 9.89. The normalized spacial score (nSPS) is 19.5. The van der Waals surface area contributed by atoms with Crippen LogP contribution in [-0.4, -0.2) is 97.5 Å². The third-order valence-electron chi connectivity index (χ3n) is 7.22. The summed E-state index contributed by atoms with van der Waals surface area (Å²) in [6.45, 7) is 2.78. The van der Waals surface area contributed by atoms with Crippen molar-refractivity contribution in [2.24, 2.45) is 0 Å². The minimum Gasteiger partial charge on any atom is -0.348 e. The summed E-state index contributed by atoms with van der Waals surface area (Å²) >= 11 is 6.06. The second-order valence-corrected chi connectivity index (χ2v) is 12.2. The molecule has 3 amide bonds. The molecule has 37 heavy (non-hydrogen) atoms. The molecule has 2 aromatic rings. The van der Waals surface area contributed by atoms with Crippen LogP contribution in [0.15, 0.2) is 41.3 Å². The average molecular weight is 549 g/mol. The van der Waals surface area contributed by atoms with Crippen LogP contribution in [0.1, 0.15) is 32.6 Å². The molecule has 0 aliphatic carbocycles. The summed E-state index contributed by atoms with van der Waals surface area (Å²) in [6, 6.07) is 7.99. The van der Waals surface area contributed by atoms with Crippen molar-refractivity contribution < 1.29 is 22.8 Å². The number of carbonyl (C=O) groups is 3. The predicted molar refractivity (Wildman–Crippen MR) is 142 cm³/mol. The van der Waals surface area contributed by atoms with Crippen molar-refractivity contribution in [1.82, 2.24) is 19.0 Å². The van der Waals surface area contributed by atoms with Gasteiger partial charge < -0.3 is 14.7 Å². The molecule has 4 rings (SSSR count). The van der Waals surface area contributed by atoms with Gasteiger partial charge in [0.15, 0.2) is 0 Å². The molecule has 2 fully saturated rings. The summed E-state index contributed by atoms with van der Waals surface area (Å²) in [5.41, 5.74) is 0. The molecule has 2 saturated heterocycles. The summed E-state index contributed by atoms with van der Waals surface area (Å²) in [7, 11) is -1.15. The van der Waals surface area contributed by atoms with Gasteiger partial charge in [-0.15, -0.1) is 0 Å². The largest absolute Gasteiger partial charge is 0.348 e. The Hall–Kier alpha value is -2.69. The lowest BCUT2D eigenvalue weighted by atomic mass is 10.1. The van der Waals surface area contributed by atoms with Crippen molar-refractivity contribution in [3.05, 3.63) is 41.4 Å². The van der Waals surface area contributed by atoms with Crippen LogP contribution in [0.5, 0.6) is 0 Å². The summed E-state index contributed by atoms with van der Waals surface area (Å²) in [5, 5.41) is 1.98. The smallest absolute Gasteiger partial charge is 0.245 e. The van der Waals surface area contributed by atoms with Crippen LogP contribution in [0.3, 0.4) is 0 Å². The molecular weight excluding hydrogens is 516 g/mol.